The van der Waals surface area contributed by atoms with Crippen LogP contribution in [-0.4, -0.2) is 41.1 Å². The minimum atomic E-state index is -0.878. The van der Waals surface area contributed by atoms with E-state index in [1.165, 1.54) is 24.2 Å². The second-order valence-corrected chi connectivity index (χ2v) is 6.16. The van der Waals surface area contributed by atoms with Crippen LogP contribution in [0.3, 0.4) is 0 Å². The summed E-state index contributed by atoms with van der Waals surface area (Å²) in [5.74, 6) is 0.309. The number of rotatable bonds is 5. The van der Waals surface area contributed by atoms with Crippen LogP contribution in [0.4, 0.5) is 4.79 Å². The van der Waals surface area contributed by atoms with Crippen molar-refractivity contribution >= 4 is 12.0 Å². The number of urea groups is 1. The van der Waals surface area contributed by atoms with Crippen LogP contribution >= 0.6 is 0 Å². The molecule has 0 aromatic heterocycles. The lowest BCUT2D eigenvalue weighted by Gasteiger charge is -2.37. The van der Waals surface area contributed by atoms with Gasteiger partial charge in [-0.2, -0.15) is 0 Å². The Kier molecular flexibility index (Phi) is 5.26. The summed E-state index contributed by atoms with van der Waals surface area (Å²) in [6.07, 6.45) is 7.36. The number of carbonyl (C=O) groups is 2. The lowest BCUT2D eigenvalue weighted by atomic mass is 9.83. The summed E-state index contributed by atoms with van der Waals surface area (Å²) in [5.41, 5.74) is 0. The van der Waals surface area contributed by atoms with Gasteiger partial charge in [-0.15, -0.1) is 0 Å². The SMILES string of the molecule is CCC1CCN(C(=O)NCCC2CCC2)C(C(=O)O)C1. The summed E-state index contributed by atoms with van der Waals surface area (Å²) in [4.78, 5) is 25.0. The minimum Gasteiger partial charge on any atom is -0.480 e. The molecule has 2 unspecified atom stereocenters. The quantitative estimate of drug-likeness (QED) is 0.813. The first-order valence-corrected chi connectivity index (χ1v) is 7.89. The van der Waals surface area contributed by atoms with E-state index in [1.54, 1.807) is 0 Å². The number of hydrogen-bond acceptors (Lipinski definition) is 2. The van der Waals surface area contributed by atoms with Crippen LogP contribution in [0, 0.1) is 11.8 Å². The Bertz CT molecular complexity index is 355. The monoisotopic (exact) mass is 282 g/mol. The van der Waals surface area contributed by atoms with Gasteiger partial charge in [-0.05, 0) is 31.1 Å². The summed E-state index contributed by atoms with van der Waals surface area (Å²) >= 11 is 0. The number of carbonyl (C=O) groups excluding carboxylic acids is 1. The Hall–Kier alpha value is -1.26. The van der Waals surface area contributed by atoms with E-state index >= 15 is 0 Å². The Labute approximate surface area is 120 Å². The molecule has 5 heteroatoms. The number of aliphatic carboxylic acids is 1. The first kappa shape index (κ1) is 15.1. The predicted octanol–water partition coefficient (Wildman–Crippen LogP) is 2.46. The molecule has 2 amide bonds. The largest absolute Gasteiger partial charge is 0.480 e. The molecule has 0 radical (unpaired) electrons. The van der Waals surface area contributed by atoms with E-state index < -0.39 is 12.0 Å². The van der Waals surface area contributed by atoms with Crippen LogP contribution in [0.2, 0.25) is 0 Å². The van der Waals surface area contributed by atoms with Gasteiger partial charge in [0.1, 0.15) is 6.04 Å². The van der Waals surface area contributed by atoms with Crippen molar-refractivity contribution in [1.29, 1.82) is 0 Å². The van der Waals surface area contributed by atoms with E-state index in [0.717, 1.165) is 25.2 Å². The van der Waals surface area contributed by atoms with Crippen molar-refractivity contribution in [1.82, 2.24) is 10.2 Å². The Morgan fingerprint density at radius 3 is 2.55 bits per heavy atom. The van der Waals surface area contributed by atoms with E-state index in [4.69, 9.17) is 0 Å². The molecule has 0 bridgehead atoms. The summed E-state index contributed by atoms with van der Waals surface area (Å²) in [5, 5.41) is 12.2. The summed E-state index contributed by atoms with van der Waals surface area (Å²) in [6.45, 7) is 3.31. The molecule has 2 aliphatic rings. The number of piperidine rings is 1. The van der Waals surface area contributed by atoms with Crippen molar-refractivity contribution in [2.24, 2.45) is 11.8 Å². The molecule has 0 aromatic rings. The van der Waals surface area contributed by atoms with E-state index in [0.29, 0.717) is 25.4 Å². The highest BCUT2D eigenvalue weighted by molar-refractivity contribution is 5.82. The molecule has 1 saturated heterocycles. The van der Waals surface area contributed by atoms with Gasteiger partial charge in [-0.1, -0.05) is 32.6 Å². The molecular weight excluding hydrogens is 256 g/mol. The van der Waals surface area contributed by atoms with Gasteiger partial charge in [0, 0.05) is 13.1 Å². The van der Waals surface area contributed by atoms with Crippen molar-refractivity contribution in [3.05, 3.63) is 0 Å². The molecule has 20 heavy (non-hydrogen) atoms. The number of hydrogen-bond donors (Lipinski definition) is 2. The second kappa shape index (κ2) is 6.95. The molecule has 2 rings (SSSR count). The van der Waals surface area contributed by atoms with E-state index in [1.807, 2.05) is 0 Å². The first-order valence-electron chi connectivity index (χ1n) is 7.89. The predicted molar refractivity (Wildman–Crippen MR) is 76.5 cm³/mol. The molecular formula is C15H26N2O3. The summed E-state index contributed by atoms with van der Waals surface area (Å²) in [6, 6.07) is -0.858. The highest BCUT2D eigenvalue weighted by Gasteiger charge is 2.35. The molecule has 1 heterocycles. The smallest absolute Gasteiger partial charge is 0.326 e. The lowest BCUT2D eigenvalue weighted by molar-refractivity contribution is -0.144. The van der Waals surface area contributed by atoms with Gasteiger partial charge in [-0.25, -0.2) is 9.59 Å². The van der Waals surface area contributed by atoms with Crippen molar-refractivity contribution in [3.8, 4) is 0 Å². The minimum absolute atomic E-state index is 0.203. The molecule has 0 spiro atoms. The molecule has 2 fully saturated rings. The van der Waals surface area contributed by atoms with E-state index in [9.17, 15) is 14.7 Å². The third-order valence-electron chi connectivity index (χ3n) is 4.89. The maximum absolute atomic E-state index is 12.1. The van der Waals surface area contributed by atoms with Crippen molar-refractivity contribution in [2.45, 2.75) is 57.9 Å². The lowest BCUT2D eigenvalue weighted by Crippen LogP contribution is -2.53. The highest BCUT2D eigenvalue weighted by Crippen LogP contribution is 2.29. The first-order chi connectivity index (χ1) is 9.61. The van der Waals surface area contributed by atoms with Crippen molar-refractivity contribution < 1.29 is 14.7 Å². The molecule has 1 aliphatic carbocycles. The maximum atomic E-state index is 12.1. The van der Waals surface area contributed by atoms with Crippen LogP contribution in [0.25, 0.3) is 0 Å². The van der Waals surface area contributed by atoms with Gasteiger partial charge in [0.2, 0.25) is 0 Å². The Morgan fingerprint density at radius 1 is 1.25 bits per heavy atom. The van der Waals surface area contributed by atoms with Crippen LogP contribution in [0.5, 0.6) is 0 Å². The Morgan fingerprint density at radius 2 is 2.00 bits per heavy atom. The zero-order valence-electron chi connectivity index (χ0n) is 12.3. The zero-order chi connectivity index (χ0) is 14.5. The van der Waals surface area contributed by atoms with E-state index in [-0.39, 0.29) is 6.03 Å². The molecule has 1 saturated carbocycles. The standard InChI is InChI=1S/C15H26N2O3/c1-2-11-7-9-17(13(10-11)14(18)19)15(20)16-8-6-12-4-3-5-12/h11-13H,2-10H2,1H3,(H,16,20)(H,18,19). The van der Waals surface area contributed by atoms with Crippen LogP contribution in [0.15, 0.2) is 0 Å². The van der Waals surface area contributed by atoms with Crippen LogP contribution in [-0.2, 0) is 4.79 Å². The van der Waals surface area contributed by atoms with Gasteiger partial charge in [0.15, 0.2) is 0 Å². The summed E-state index contributed by atoms with van der Waals surface area (Å²) < 4.78 is 0. The maximum Gasteiger partial charge on any atom is 0.326 e. The van der Waals surface area contributed by atoms with Gasteiger partial charge in [0.05, 0.1) is 0 Å². The van der Waals surface area contributed by atoms with Gasteiger partial charge in [-0.3, -0.25) is 0 Å². The van der Waals surface area contributed by atoms with Crippen LogP contribution < -0.4 is 5.32 Å². The van der Waals surface area contributed by atoms with Gasteiger partial charge < -0.3 is 15.3 Å². The third-order valence-corrected chi connectivity index (χ3v) is 4.89. The molecule has 0 aromatic carbocycles. The fourth-order valence-corrected chi connectivity index (χ4v) is 3.15. The molecule has 2 atom stereocenters. The molecule has 5 nitrogen and oxygen atoms in total. The van der Waals surface area contributed by atoms with Crippen LogP contribution in [0.1, 0.15) is 51.9 Å². The molecule has 2 N–H and O–H groups in total. The number of nitrogens with one attached hydrogen (secondary N) is 1. The normalized spacial score (nSPS) is 26.9. The number of nitrogens with zero attached hydrogens (tertiary/aromatic N) is 1. The van der Waals surface area contributed by atoms with Gasteiger partial charge >= 0.3 is 12.0 Å². The number of carboxylic acids is 1. The van der Waals surface area contributed by atoms with E-state index in [2.05, 4.69) is 12.2 Å². The second-order valence-electron chi connectivity index (χ2n) is 6.16. The number of carboxylic acid groups (broad SMARTS) is 1. The number of amides is 2. The number of likely N-dealkylation sites (tertiary alicyclic amines) is 1. The highest BCUT2D eigenvalue weighted by atomic mass is 16.4. The average Bonchev–Trinajstić information content (AvgIpc) is 2.40. The fraction of sp³-hybridized carbons (Fsp3) is 0.867. The Balaban J connectivity index is 1.81. The molecule has 114 valence electrons. The van der Waals surface area contributed by atoms with Crippen molar-refractivity contribution in [2.75, 3.05) is 13.1 Å². The third kappa shape index (κ3) is 3.64. The zero-order valence-corrected chi connectivity index (χ0v) is 12.3. The molecule has 1 aliphatic heterocycles. The fourth-order valence-electron chi connectivity index (χ4n) is 3.15. The topological polar surface area (TPSA) is 69.6 Å². The van der Waals surface area contributed by atoms with Gasteiger partial charge in [0.25, 0.3) is 0 Å². The summed E-state index contributed by atoms with van der Waals surface area (Å²) in [7, 11) is 0. The average molecular weight is 282 g/mol. The van der Waals surface area contributed by atoms with Crippen molar-refractivity contribution in [3.63, 3.8) is 0 Å².